The molecule has 5 heteroatoms. The molecule has 17 heavy (non-hydrogen) atoms. The molecule has 0 bridgehead atoms. The Morgan fingerprint density at radius 2 is 2.29 bits per heavy atom. The summed E-state index contributed by atoms with van der Waals surface area (Å²) in [5.41, 5.74) is 0. The molecule has 1 fully saturated rings. The molecule has 1 saturated carbocycles. The molecule has 0 amide bonds. The fourth-order valence-electron chi connectivity index (χ4n) is 2.22. The van der Waals surface area contributed by atoms with Crippen LogP contribution in [0.15, 0.2) is 0 Å². The van der Waals surface area contributed by atoms with Gasteiger partial charge in [0.05, 0.1) is 0 Å². The quantitative estimate of drug-likeness (QED) is 0.878. The zero-order chi connectivity index (χ0) is 12.1. The highest BCUT2D eigenvalue weighted by Crippen LogP contribution is 2.28. The number of nitrogens with zero attached hydrogens (tertiary/aromatic N) is 2. The third-order valence-corrected chi connectivity index (χ3v) is 3.94. The summed E-state index contributed by atoms with van der Waals surface area (Å²) in [5.74, 6) is 0.780. The largest absolute Gasteiger partial charge is 0.466 e. The van der Waals surface area contributed by atoms with Gasteiger partial charge in [-0.25, -0.2) is 0 Å². The maximum absolute atomic E-state index is 5.90. The second-order valence-corrected chi connectivity index (χ2v) is 5.78. The Kier molecular flexibility index (Phi) is 4.74. The Labute approximate surface area is 107 Å². The van der Waals surface area contributed by atoms with Crippen LogP contribution in [-0.4, -0.2) is 22.8 Å². The maximum Gasteiger partial charge on any atom is 0.294 e. The molecule has 4 nitrogen and oxygen atoms in total. The minimum Gasteiger partial charge on any atom is -0.466 e. The number of hydrogen-bond donors (Lipinski definition) is 1. The monoisotopic (exact) mass is 255 g/mol. The zero-order valence-corrected chi connectivity index (χ0v) is 11.4. The normalized spacial score (nSPS) is 24.8. The molecule has 1 N–H and O–H groups in total. The van der Waals surface area contributed by atoms with Crippen molar-refractivity contribution in [2.45, 2.75) is 52.2 Å². The first-order chi connectivity index (χ1) is 8.28. The highest BCUT2D eigenvalue weighted by atomic mass is 32.1. The Morgan fingerprint density at radius 1 is 1.41 bits per heavy atom. The Hall–Kier alpha value is -0.680. The van der Waals surface area contributed by atoms with Crippen LogP contribution in [0.3, 0.4) is 0 Å². The topological polar surface area (TPSA) is 47.0 Å². The summed E-state index contributed by atoms with van der Waals surface area (Å²) in [6.07, 6.45) is 5.27. The average Bonchev–Trinajstić information content (AvgIpc) is 2.74. The summed E-state index contributed by atoms with van der Waals surface area (Å²) >= 11 is 1.56. The smallest absolute Gasteiger partial charge is 0.294 e. The van der Waals surface area contributed by atoms with Crippen molar-refractivity contribution in [3.05, 3.63) is 5.01 Å². The maximum atomic E-state index is 5.90. The average molecular weight is 255 g/mol. The molecule has 96 valence electrons. The lowest BCUT2D eigenvalue weighted by atomic mass is 9.89. The second kappa shape index (κ2) is 6.31. The number of rotatable bonds is 5. The molecule has 1 aromatic rings. The van der Waals surface area contributed by atoms with Crippen LogP contribution in [-0.2, 0) is 6.54 Å². The first-order valence-electron chi connectivity index (χ1n) is 6.47. The summed E-state index contributed by atoms with van der Waals surface area (Å²) in [6, 6.07) is 0. The molecular formula is C12H21N3OS. The van der Waals surface area contributed by atoms with E-state index < -0.39 is 0 Å². The molecule has 1 aromatic heterocycles. The third kappa shape index (κ3) is 3.92. The van der Waals surface area contributed by atoms with Crippen molar-refractivity contribution < 1.29 is 4.74 Å². The van der Waals surface area contributed by atoms with Gasteiger partial charge in [-0.2, -0.15) is 0 Å². The lowest BCUT2D eigenvalue weighted by Crippen LogP contribution is -2.23. The third-order valence-electron chi connectivity index (χ3n) is 3.13. The molecule has 1 aliphatic carbocycles. The Balaban J connectivity index is 1.83. The summed E-state index contributed by atoms with van der Waals surface area (Å²) in [7, 11) is 0. The van der Waals surface area contributed by atoms with E-state index in [4.69, 9.17) is 4.74 Å². The number of hydrogen-bond acceptors (Lipinski definition) is 5. The highest BCUT2D eigenvalue weighted by Gasteiger charge is 2.21. The van der Waals surface area contributed by atoms with Crippen molar-refractivity contribution >= 4 is 11.3 Å². The van der Waals surface area contributed by atoms with Crippen LogP contribution in [0, 0.1) is 5.92 Å². The van der Waals surface area contributed by atoms with Crippen molar-refractivity contribution in [3.8, 4) is 5.19 Å². The van der Waals surface area contributed by atoms with Crippen molar-refractivity contribution in [3.63, 3.8) is 0 Å². The highest BCUT2D eigenvalue weighted by molar-refractivity contribution is 7.13. The van der Waals surface area contributed by atoms with Gasteiger partial charge in [0.15, 0.2) is 0 Å². The zero-order valence-electron chi connectivity index (χ0n) is 10.6. The molecule has 0 aromatic carbocycles. The van der Waals surface area contributed by atoms with E-state index in [1.54, 1.807) is 11.3 Å². The van der Waals surface area contributed by atoms with Crippen LogP contribution in [0.1, 0.15) is 44.5 Å². The van der Waals surface area contributed by atoms with Gasteiger partial charge in [0.1, 0.15) is 11.1 Å². The molecule has 0 spiro atoms. The van der Waals surface area contributed by atoms with Gasteiger partial charge in [-0.05, 0) is 31.7 Å². The van der Waals surface area contributed by atoms with E-state index in [1.165, 1.54) is 12.8 Å². The van der Waals surface area contributed by atoms with E-state index in [2.05, 4.69) is 29.4 Å². The molecule has 1 aliphatic rings. The molecule has 0 aliphatic heterocycles. The SMILES string of the molecule is CCNCc1nnc(OC2CCCC(C)C2)s1. The van der Waals surface area contributed by atoms with Gasteiger partial charge in [-0.15, -0.1) is 5.10 Å². The van der Waals surface area contributed by atoms with E-state index in [9.17, 15) is 0 Å². The number of nitrogens with one attached hydrogen (secondary N) is 1. The van der Waals surface area contributed by atoms with Gasteiger partial charge in [-0.3, -0.25) is 0 Å². The summed E-state index contributed by atoms with van der Waals surface area (Å²) in [4.78, 5) is 0. The Morgan fingerprint density at radius 3 is 3.06 bits per heavy atom. The molecule has 0 radical (unpaired) electrons. The van der Waals surface area contributed by atoms with E-state index in [0.717, 1.165) is 42.1 Å². The minimum atomic E-state index is 0.346. The molecular weight excluding hydrogens is 234 g/mol. The first kappa shape index (κ1) is 12.8. The fraction of sp³-hybridized carbons (Fsp3) is 0.833. The molecule has 0 saturated heterocycles. The van der Waals surface area contributed by atoms with Crippen LogP contribution in [0.4, 0.5) is 0 Å². The minimum absolute atomic E-state index is 0.346. The van der Waals surface area contributed by atoms with Crippen molar-refractivity contribution in [1.29, 1.82) is 0 Å². The lowest BCUT2D eigenvalue weighted by molar-refractivity contribution is 0.128. The van der Waals surface area contributed by atoms with Gasteiger partial charge in [0.2, 0.25) is 0 Å². The van der Waals surface area contributed by atoms with E-state index in [0.29, 0.717) is 6.10 Å². The summed E-state index contributed by atoms with van der Waals surface area (Å²) in [5, 5.41) is 13.2. The van der Waals surface area contributed by atoms with Crippen LogP contribution in [0.2, 0.25) is 0 Å². The lowest BCUT2D eigenvalue weighted by Gasteiger charge is -2.25. The van der Waals surface area contributed by atoms with Crippen LogP contribution in [0.25, 0.3) is 0 Å². The van der Waals surface area contributed by atoms with Crippen molar-refractivity contribution in [2.24, 2.45) is 5.92 Å². The number of aromatic nitrogens is 2. The van der Waals surface area contributed by atoms with E-state index >= 15 is 0 Å². The van der Waals surface area contributed by atoms with Gasteiger partial charge in [-0.1, -0.05) is 36.7 Å². The fourth-order valence-corrected chi connectivity index (χ4v) is 2.94. The van der Waals surface area contributed by atoms with Crippen LogP contribution in [0.5, 0.6) is 5.19 Å². The summed E-state index contributed by atoms with van der Waals surface area (Å²) in [6.45, 7) is 6.13. The number of ether oxygens (including phenoxy) is 1. The van der Waals surface area contributed by atoms with Crippen LogP contribution < -0.4 is 10.1 Å². The molecule has 1 heterocycles. The molecule has 2 rings (SSSR count). The van der Waals surface area contributed by atoms with Gasteiger partial charge in [0.25, 0.3) is 5.19 Å². The first-order valence-corrected chi connectivity index (χ1v) is 7.29. The van der Waals surface area contributed by atoms with Gasteiger partial charge >= 0.3 is 0 Å². The predicted octanol–water partition coefficient (Wildman–Crippen LogP) is 2.61. The van der Waals surface area contributed by atoms with Crippen LogP contribution >= 0.6 is 11.3 Å². The van der Waals surface area contributed by atoms with Crippen molar-refractivity contribution in [1.82, 2.24) is 15.5 Å². The summed E-state index contributed by atoms with van der Waals surface area (Å²) < 4.78 is 5.90. The van der Waals surface area contributed by atoms with E-state index in [-0.39, 0.29) is 0 Å². The van der Waals surface area contributed by atoms with E-state index in [1.807, 2.05) is 0 Å². The Bertz CT molecular complexity index is 342. The standard InChI is InChI=1S/C12H21N3OS/c1-3-13-8-11-14-15-12(17-11)16-10-6-4-5-9(2)7-10/h9-10,13H,3-8H2,1-2H3. The molecule has 2 unspecified atom stereocenters. The molecule has 2 atom stereocenters. The van der Waals surface area contributed by atoms with Gasteiger partial charge < -0.3 is 10.1 Å². The second-order valence-electron chi connectivity index (χ2n) is 4.75. The predicted molar refractivity (Wildman–Crippen MR) is 69.3 cm³/mol. The van der Waals surface area contributed by atoms with Crippen molar-refractivity contribution in [2.75, 3.05) is 6.54 Å². The van der Waals surface area contributed by atoms with Gasteiger partial charge in [0, 0.05) is 6.54 Å².